The van der Waals surface area contributed by atoms with Crippen LogP contribution in [0.2, 0.25) is 0 Å². The van der Waals surface area contributed by atoms with Gasteiger partial charge in [0, 0.05) is 11.9 Å². The van der Waals surface area contributed by atoms with Crippen LogP contribution < -0.4 is 5.32 Å². The maximum Gasteiger partial charge on any atom is 0.0374 e. The van der Waals surface area contributed by atoms with Crippen LogP contribution in [0.3, 0.4) is 0 Å². The Morgan fingerprint density at radius 2 is 2.23 bits per heavy atom. The molecule has 2 heteroatoms. The molecule has 0 spiro atoms. The zero-order valence-electron chi connectivity index (χ0n) is 8.43. The minimum absolute atomic E-state index is 0.487. The average molecular weight is 202 g/mol. The Hall–Kier alpha value is 0.250. The first kappa shape index (κ1) is 9.79. The third kappa shape index (κ3) is 2.19. The molecule has 2 fully saturated rings. The van der Waals surface area contributed by atoms with Crippen molar-refractivity contribution in [2.24, 2.45) is 17.8 Å². The maximum atomic E-state index is 5.75. The molecule has 76 valence electrons. The molecule has 0 aromatic rings. The quantitative estimate of drug-likeness (QED) is 0.690. The van der Waals surface area contributed by atoms with Crippen LogP contribution in [0.4, 0.5) is 0 Å². The molecular weight excluding hydrogens is 182 g/mol. The van der Waals surface area contributed by atoms with Crippen molar-refractivity contribution in [1.82, 2.24) is 5.32 Å². The predicted octanol–water partition coefficient (Wildman–Crippen LogP) is 2.64. The van der Waals surface area contributed by atoms with Gasteiger partial charge in [0.25, 0.3) is 0 Å². The SMILES string of the molecule is CC(CCl)NCC1CC2CCC1C2. The number of alkyl halides is 1. The Balaban J connectivity index is 1.71. The summed E-state index contributed by atoms with van der Waals surface area (Å²) in [5.41, 5.74) is 0. The summed E-state index contributed by atoms with van der Waals surface area (Å²) in [6.45, 7) is 3.37. The second-order valence-electron chi connectivity index (χ2n) is 4.90. The number of rotatable bonds is 4. The van der Waals surface area contributed by atoms with E-state index in [2.05, 4.69) is 12.2 Å². The summed E-state index contributed by atoms with van der Waals surface area (Å²) in [5, 5.41) is 3.53. The Bertz CT molecular complexity index is 171. The Morgan fingerprint density at radius 3 is 2.77 bits per heavy atom. The van der Waals surface area contributed by atoms with Crippen LogP contribution in [0.1, 0.15) is 32.6 Å². The van der Waals surface area contributed by atoms with Crippen LogP contribution in [-0.4, -0.2) is 18.5 Å². The molecular formula is C11H20ClN. The van der Waals surface area contributed by atoms with E-state index in [9.17, 15) is 0 Å². The molecule has 2 aliphatic rings. The van der Waals surface area contributed by atoms with E-state index in [-0.39, 0.29) is 0 Å². The molecule has 4 atom stereocenters. The fourth-order valence-electron chi connectivity index (χ4n) is 3.03. The molecule has 0 aliphatic heterocycles. The normalized spacial score (nSPS) is 39.7. The van der Waals surface area contributed by atoms with Crippen molar-refractivity contribution in [3.63, 3.8) is 0 Å². The molecule has 2 saturated carbocycles. The van der Waals surface area contributed by atoms with Crippen LogP contribution in [0.15, 0.2) is 0 Å². The molecule has 2 aliphatic carbocycles. The molecule has 2 bridgehead atoms. The van der Waals surface area contributed by atoms with Crippen molar-refractivity contribution in [1.29, 1.82) is 0 Å². The number of hydrogen-bond acceptors (Lipinski definition) is 1. The smallest absolute Gasteiger partial charge is 0.0374 e. The molecule has 0 amide bonds. The number of hydrogen-bond donors (Lipinski definition) is 1. The largest absolute Gasteiger partial charge is 0.313 e. The third-order valence-electron chi connectivity index (χ3n) is 3.84. The minimum Gasteiger partial charge on any atom is -0.313 e. The lowest BCUT2D eigenvalue weighted by Gasteiger charge is -2.23. The molecule has 0 radical (unpaired) electrons. The Kier molecular flexibility index (Phi) is 3.15. The highest BCUT2D eigenvalue weighted by Crippen LogP contribution is 2.47. The summed E-state index contributed by atoms with van der Waals surface area (Å²) in [6.07, 6.45) is 5.99. The van der Waals surface area contributed by atoms with Crippen LogP contribution in [0.5, 0.6) is 0 Å². The molecule has 13 heavy (non-hydrogen) atoms. The van der Waals surface area contributed by atoms with Crippen LogP contribution in [0, 0.1) is 17.8 Å². The Morgan fingerprint density at radius 1 is 1.38 bits per heavy atom. The second-order valence-corrected chi connectivity index (χ2v) is 5.21. The van der Waals surface area contributed by atoms with Gasteiger partial charge in [0.05, 0.1) is 0 Å². The molecule has 0 heterocycles. The van der Waals surface area contributed by atoms with E-state index in [1.54, 1.807) is 0 Å². The lowest BCUT2D eigenvalue weighted by Crippen LogP contribution is -2.34. The highest BCUT2D eigenvalue weighted by atomic mass is 35.5. The summed E-state index contributed by atoms with van der Waals surface area (Å²) in [5.74, 6) is 3.81. The number of fused-ring (bicyclic) bond motifs is 2. The second kappa shape index (κ2) is 4.18. The molecule has 1 N–H and O–H groups in total. The molecule has 0 aromatic heterocycles. The highest BCUT2D eigenvalue weighted by Gasteiger charge is 2.38. The first-order chi connectivity index (χ1) is 6.29. The third-order valence-corrected chi connectivity index (χ3v) is 4.31. The first-order valence-electron chi connectivity index (χ1n) is 5.59. The van der Waals surface area contributed by atoms with E-state index in [4.69, 9.17) is 11.6 Å². The van der Waals surface area contributed by atoms with Crippen molar-refractivity contribution < 1.29 is 0 Å². The van der Waals surface area contributed by atoms with Gasteiger partial charge in [-0.15, -0.1) is 11.6 Å². The van der Waals surface area contributed by atoms with E-state index < -0.39 is 0 Å². The highest BCUT2D eigenvalue weighted by molar-refractivity contribution is 6.18. The average Bonchev–Trinajstić information content (AvgIpc) is 2.74. The monoisotopic (exact) mass is 201 g/mol. The number of nitrogens with one attached hydrogen (secondary N) is 1. The molecule has 2 rings (SSSR count). The van der Waals surface area contributed by atoms with Crippen molar-refractivity contribution >= 4 is 11.6 Å². The van der Waals surface area contributed by atoms with Gasteiger partial charge in [-0.05, 0) is 50.5 Å². The molecule has 1 nitrogen and oxygen atoms in total. The lowest BCUT2D eigenvalue weighted by atomic mass is 9.89. The summed E-state index contributed by atoms with van der Waals surface area (Å²) in [4.78, 5) is 0. The van der Waals surface area contributed by atoms with Crippen molar-refractivity contribution in [3.05, 3.63) is 0 Å². The van der Waals surface area contributed by atoms with E-state index in [1.807, 2.05) is 0 Å². The van der Waals surface area contributed by atoms with E-state index >= 15 is 0 Å². The van der Waals surface area contributed by atoms with Crippen molar-refractivity contribution in [2.75, 3.05) is 12.4 Å². The van der Waals surface area contributed by atoms with Gasteiger partial charge in [-0.1, -0.05) is 6.42 Å². The van der Waals surface area contributed by atoms with Gasteiger partial charge in [-0.25, -0.2) is 0 Å². The van der Waals surface area contributed by atoms with Gasteiger partial charge in [0.1, 0.15) is 0 Å². The van der Waals surface area contributed by atoms with Crippen LogP contribution in [-0.2, 0) is 0 Å². The van der Waals surface area contributed by atoms with Gasteiger partial charge in [-0.3, -0.25) is 0 Å². The molecule has 0 aromatic carbocycles. The van der Waals surface area contributed by atoms with Crippen LogP contribution in [0.25, 0.3) is 0 Å². The minimum atomic E-state index is 0.487. The molecule has 4 unspecified atom stereocenters. The van der Waals surface area contributed by atoms with E-state index in [1.165, 1.54) is 32.2 Å². The van der Waals surface area contributed by atoms with Gasteiger partial charge in [-0.2, -0.15) is 0 Å². The van der Waals surface area contributed by atoms with Gasteiger partial charge >= 0.3 is 0 Å². The van der Waals surface area contributed by atoms with Crippen LogP contribution >= 0.6 is 11.6 Å². The van der Waals surface area contributed by atoms with Gasteiger partial charge in [0.15, 0.2) is 0 Å². The standard InChI is InChI=1S/C11H20ClN/c1-8(6-12)13-7-11-5-9-2-3-10(11)4-9/h8-11,13H,2-7H2,1H3. The van der Waals surface area contributed by atoms with E-state index in [0.29, 0.717) is 6.04 Å². The zero-order valence-corrected chi connectivity index (χ0v) is 9.19. The summed E-state index contributed by atoms with van der Waals surface area (Å²) < 4.78 is 0. The fraction of sp³-hybridized carbons (Fsp3) is 1.00. The summed E-state index contributed by atoms with van der Waals surface area (Å²) in [6, 6.07) is 0.487. The summed E-state index contributed by atoms with van der Waals surface area (Å²) >= 11 is 5.75. The predicted molar refractivity (Wildman–Crippen MR) is 57.1 cm³/mol. The van der Waals surface area contributed by atoms with Crippen molar-refractivity contribution in [3.8, 4) is 0 Å². The lowest BCUT2D eigenvalue weighted by molar-refractivity contribution is 0.312. The topological polar surface area (TPSA) is 12.0 Å². The maximum absolute atomic E-state index is 5.75. The van der Waals surface area contributed by atoms with E-state index in [0.717, 1.165) is 23.6 Å². The summed E-state index contributed by atoms with van der Waals surface area (Å²) in [7, 11) is 0. The molecule has 0 saturated heterocycles. The van der Waals surface area contributed by atoms with Gasteiger partial charge in [0.2, 0.25) is 0 Å². The zero-order chi connectivity index (χ0) is 9.26. The number of halogens is 1. The van der Waals surface area contributed by atoms with Crippen molar-refractivity contribution in [2.45, 2.75) is 38.6 Å². The van der Waals surface area contributed by atoms with Gasteiger partial charge < -0.3 is 5.32 Å². The fourth-order valence-corrected chi connectivity index (χ4v) is 3.14. The first-order valence-corrected chi connectivity index (χ1v) is 6.12. The Labute approximate surface area is 86.2 Å².